The largest absolute Gasteiger partial charge is 0.411 e. The second kappa shape index (κ2) is 7.19. The molecule has 0 fully saturated rings. The van der Waals surface area contributed by atoms with E-state index in [0.717, 1.165) is 23.2 Å². The summed E-state index contributed by atoms with van der Waals surface area (Å²) < 4.78 is 5.80. The smallest absolute Gasteiger partial charge is 0.277 e. The summed E-state index contributed by atoms with van der Waals surface area (Å²) in [6.45, 7) is 5.97. The zero-order chi connectivity index (χ0) is 19.0. The molecule has 0 saturated heterocycles. The quantitative estimate of drug-likeness (QED) is 0.625. The second-order valence-electron chi connectivity index (χ2n) is 6.84. The lowest BCUT2D eigenvalue weighted by Gasteiger charge is -2.25. The van der Waals surface area contributed by atoms with E-state index < -0.39 is 0 Å². The van der Waals surface area contributed by atoms with E-state index in [4.69, 9.17) is 4.42 Å². The fraction of sp³-hybridized carbons (Fsp3) is 0.286. The fourth-order valence-corrected chi connectivity index (χ4v) is 4.21. The number of para-hydroxylation sites is 1. The molecule has 2 atom stereocenters. The van der Waals surface area contributed by atoms with Crippen molar-refractivity contribution in [2.45, 2.75) is 43.7 Å². The summed E-state index contributed by atoms with van der Waals surface area (Å²) in [6.07, 6.45) is 0.886. The number of benzene rings is 2. The molecule has 1 aliphatic heterocycles. The van der Waals surface area contributed by atoms with E-state index in [1.54, 1.807) is 0 Å². The number of anilines is 1. The lowest BCUT2D eigenvalue weighted by atomic mass is 10.1. The van der Waals surface area contributed by atoms with Crippen molar-refractivity contribution in [2.24, 2.45) is 0 Å². The molecule has 4 rings (SSSR count). The number of hydrogen-bond donors (Lipinski definition) is 0. The van der Waals surface area contributed by atoms with Gasteiger partial charge in [0, 0.05) is 17.3 Å². The molecule has 2 heterocycles. The minimum atomic E-state index is -0.316. The van der Waals surface area contributed by atoms with Gasteiger partial charge in [-0.05, 0) is 50.5 Å². The monoisotopic (exact) mass is 379 g/mol. The van der Waals surface area contributed by atoms with Crippen LogP contribution in [0.4, 0.5) is 5.69 Å². The Hall–Kier alpha value is -2.60. The van der Waals surface area contributed by atoms with E-state index in [1.807, 2.05) is 61.2 Å². The zero-order valence-electron chi connectivity index (χ0n) is 15.5. The Kier molecular flexibility index (Phi) is 4.74. The fourth-order valence-electron chi connectivity index (χ4n) is 3.48. The van der Waals surface area contributed by atoms with Crippen LogP contribution in [-0.2, 0) is 11.2 Å². The molecule has 0 saturated carbocycles. The Morgan fingerprint density at radius 3 is 2.74 bits per heavy atom. The van der Waals surface area contributed by atoms with Crippen molar-refractivity contribution in [1.82, 2.24) is 10.2 Å². The van der Waals surface area contributed by atoms with Gasteiger partial charge in [0.15, 0.2) is 0 Å². The molecule has 0 spiro atoms. The van der Waals surface area contributed by atoms with Crippen LogP contribution in [0.25, 0.3) is 11.5 Å². The molecular formula is C21H21N3O2S. The molecule has 27 heavy (non-hydrogen) atoms. The van der Waals surface area contributed by atoms with E-state index >= 15 is 0 Å². The molecule has 0 aliphatic carbocycles. The number of nitrogens with zero attached hydrogens (tertiary/aromatic N) is 3. The first kappa shape index (κ1) is 17.8. The van der Waals surface area contributed by atoms with E-state index in [-0.39, 0.29) is 17.2 Å². The van der Waals surface area contributed by atoms with Crippen LogP contribution in [0.2, 0.25) is 0 Å². The van der Waals surface area contributed by atoms with Crippen LogP contribution in [0, 0.1) is 6.92 Å². The van der Waals surface area contributed by atoms with Gasteiger partial charge < -0.3 is 9.32 Å². The maximum Gasteiger partial charge on any atom is 0.277 e. The van der Waals surface area contributed by atoms with E-state index in [0.29, 0.717) is 11.1 Å². The first-order valence-corrected chi connectivity index (χ1v) is 9.89. The maximum atomic E-state index is 13.1. The molecule has 6 heteroatoms. The molecule has 3 aromatic rings. The highest BCUT2D eigenvalue weighted by atomic mass is 32.2. The van der Waals surface area contributed by atoms with Crippen molar-refractivity contribution in [3.63, 3.8) is 0 Å². The Morgan fingerprint density at radius 1 is 1.19 bits per heavy atom. The van der Waals surface area contributed by atoms with Gasteiger partial charge in [-0.15, -0.1) is 10.2 Å². The van der Waals surface area contributed by atoms with Gasteiger partial charge in [0.1, 0.15) is 0 Å². The van der Waals surface area contributed by atoms with Gasteiger partial charge >= 0.3 is 0 Å². The number of thioether (sulfide) groups is 1. The summed E-state index contributed by atoms with van der Waals surface area (Å²) in [6, 6.07) is 16.1. The van der Waals surface area contributed by atoms with Crippen LogP contribution < -0.4 is 4.90 Å². The summed E-state index contributed by atoms with van der Waals surface area (Å²) >= 11 is 1.31. The molecular weight excluding hydrogens is 358 g/mol. The summed E-state index contributed by atoms with van der Waals surface area (Å²) in [5, 5.41) is 8.36. The number of fused-ring (bicyclic) bond motifs is 1. The summed E-state index contributed by atoms with van der Waals surface area (Å²) in [7, 11) is 0. The van der Waals surface area contributed by atoms with Crippen molar-refractivity contribution in [3.05, 3.63) is 59.7 Å². The molecule has 2 aromatic carbocycles. The average molecular weight is 379 g/mol. The van der Waals surface area contributed by atoms with Crippen molar-refractivity contribution in [3.8, 4) is 11.5 Å². The van der Waals surface area contributed by atoms with Crippen LogP contribution in [0.3, 0.4) is 0 Å². The Balaban J connectivity index is 1.51. The molecule has 1 amide bonds. The third kappa shape index (κ3) is 3.37. The summed E-state index contributed by atoms with van der Waals surface area (Å²) in [5.74, 6) is 0.545. The van der Waals surface area contributed by atoms with Gasteiger partial charge in [-0.3, -0.25) is 4.79 Å². The highest BCUT2D eigenvalue weighted by Gasteiger charge is 2.34. The number of aryl methyl sites for hydroxylation is 1. The topological polar surface area (TPSA) is 59.2 Å². The third-order valence-electron chi connectivity index (χ3n) is 4.85. The summed E-state index contributed by atoms with van der Waals surface area (Å²) in [4.78, 5) is 15.0. The number of amides is 1. The standard InChI is InChI=1S/C21H21N3O2S/c1-13-8-4-6-10-17(13)19-22-23-21(26-19)27-15(3)20(25)24-14(2)12-16-9-5-7-11-18(16)24/h4-11,14-15H,12H2,1-3H3/t14-,15-/m1/s1. The van der Waals surface area contributed by atoms with Crippen LogP contribution >= 0.6 is 11.8 Å². The summed E-state index contributed by atoms with van der Waals surface area (Å²) in [5.41, 5.74) is 4.21. The number of carbonyl (C=O) groups excluding carboxylic acids is 1. The number of carbonyl (C=O) groups is 1. The minimum absolute atomic E-state index is 0.0630. The Labute approximate surface area is 162 Å². The van der Waals surface area contributed by atoms with Crippen LogP contribution in [0.1, 0.15) is 25.0 Å². The first-order valence-electron chi connectivity index (χ1n) is 9.01. The maximum absolute atomic E-state index is 13.1. The Morgan fingerprint density at radius 2 is 1.93 bits per heavy atom. The highest BCUT2D eigenvalue weighted by molar-refractivity contribution is 8.00. The highest BCUT2D eigenvalue weighted by Crippen LogP contribution is 2.35. The van der Waals surface area contributed by atoms with Gasteiger partial charge in [0.05, 0.1) is 5.25 Å². The van der Waals surface area contributed by atoms with E-state index in [1.165, 1.54) is 17.3 Å². The normalized spacial score (nSPS) is 17.0. The second-order valence-corrected chi connectivity index (χ2v) is 8.13. The Bertz CT molecular complexity index is 985. The molecule has 138 valence electrons. The van der Waals surface area contributed by atoms with Crippen molar-refractivity contribution in [1.29, 1.82) is 0 Å². The minimum Gasteiger partial charge on any atom is -0.411 e. The molecule has 1 aromatic heterocycles. The number of rotatable bonds is 4. The van der Waals surface area contributed by atoms with Gasteiger partial charge in [0.2, 0.25) is 11.8 Å². The zero-order valence-corrected chi connectivity index (χ0v) is 16.4. The average Bonchev–Trinajstić information content (AvgIpc) is 3.25. The van der Waals surface area contributed by atoms with Gasteiger partial charge in [-0.1, -0.05) is 48.2 Å². The lowest BCUT2D eigenvalue weighted by molar-refractivity contribution is -0.118. The lowest BCUT2D eigenvalue weighted by Crippen LogP contribution is -2.40. The van der Waals surface area contributed by atoms with Gasteiger partial charge in [-0.2, -0.15) is 0 Å². The number of hydrogen-bond acceptors (Lipinski definition) is 5. The molecule has 0 unspecified atom stereocenters. The van der Waals surface area contributed by atoms with Crippen LogP contribution in [0.15, 0.2) is 58.2 Å². The molecule has 0 radical (unpaired) electrons. The number of aromatic nitrogens is 2. The molecule has 5 nitrogen and oxygen atoms in total. The third-order valence-corrected chi connectivity index (χ3v) is 5.77. The van der Waals surface area contributed by atoms with Crippen LogP contribution in [-0.4, -0.2) is 27.4 Å². The van der Waals surface area contributed by atoms with Crippen molar-refractivity contribution in [2.75, 3.05) is 4.90 Å². The van der Waals surface area contributed by atoms with Gasteiger partial charge in [0.25, 0.3) is 5.22 Å². The molecule has 0 bridgehead atoms. The van der Waals surface area contributed by atoms with Crippen molar-refractivity contribution >= 4 is 23.4 Å². The van der Waals surface area contributed by atoms with Crippen LogP contribution in [0.5, 0.6) is 0 Å². The molecule has 1 aliphatic rings. The SMILES string of the molecule is Cc1ccccc1-c1nnc(S[C@H](C)C(=O)N2c3ccccc3C[C@H]2C)o1. The van der Waals surface area contributed by atoms with E-state index in [9.17, 15) is 4.79 Å². The predicted octanol–water partition coefficient (Wildman–Crippen LogP) is 4.50. The first-order chi connectivity index (χ1) is 13.0. The van der Waals surface area contributed by atoms with Crippen molar-refractivity contribution < 1.29 is 9.21 Å². The van der Waals surface area contributed by atoms with E-state index in [2.05, 4.69) is 23.2 Å². The predicted molar refractivity (Wildman–Crippen MR) is 107 cm³/mol. The van der Waals surface area contributed by atoms with Gasteiger partial charge in [-0.25, -0.2) is 0 Å². The molecule has 0 N–H and O–H groups in total.